The molecule has 0 fully saturated rings. The molecule has 1 unspecified atom stereocenters. The Labute approximate surface area is 110 Å². The molecule has 5 nitrogen and oxygen atoms in total. The Kier molecular flexibility index (Phi) is 5.30. The molecule has 1 heterocycles. The Bertz CT molecular complexity index is 429. The molecule has 1 N–H and O–H groups in total. The molecular formula is C12H17NO4S. The SMILES string of the molecule is COCc1ccsc1C(=O)N(C)CC(C)C(=O)O. The summed E-state index contributed by atoms with van der Waals surface area (Å²) in [4.78, 5) is 24.9. The van der Waals surface area contributed by atoms with Crippen LogP contribution in [0, 0.1) is 5.92 Å². The number of amides is 1. The first-order valence-electron chi connectivity index (χ1n) is 5.51. The summed E-state index contributed by atoms with van der Waals surface area (Å²) in [7, 11) is 3.18. The molecule has 1 aromatic heterocycles. The van der Waals surface area contributed by atoms with E-state index in [9.17, 15) is 9.59 Å². The number of nitrogens with zero attached hydrogens (tertiary/aromatic N) is 1. The van der Waals surface area contributed by atoms with Gasteiger partial charge in [0.05, 0.1) is 17.4 Å². The lowest BCUT2D eigenvalue weighted by molar-refractivity contribution is -0.141. The van der Waals surface area contributed by atoms with Gasteiger partial charge in [-0.15, -0.1) is 11.3 Å². The Morgan fingerprint density at radius 3 is 2.78 bits per heavy atom. The van der Waals surface area contributed by atoms with E-state index in [0.717, 1.165) is 5.56 Å². The molecule has 0 bridgehead atoms. The van der Waals surface area contributed by atoms with Crippen LogP contribution in [0.2, 0.25) is 0 Å². The quantitative estimate of drug-likeness (QED) is 0.855. The second kappa shape index (κ2) is 6.51. The lowest BCUT2D eigenvalue weighted by Crippen LogP contribution is -2.33. The number of thiophene rings is 1. The van der Waals surface area contributed by atoms with Gasteiger partial charge in [-0.25, -0.2) is 0 Å². The van der Waals surface area contributed by atoms with Crippen LogP contribution in [0.25, 0.3) is 0 Å². The van der Waals surface area contributed by atoms with Crippen molar-refractivity contribution in [3.63, 3.8) is 0 Å². The van der Waals surface area contributed by atoms with Gasteiger partial charge in [0.2, 0.25) is 0 Å². The van der Waals surface area contributed by atoms with Gasteiger partial charge in [0.15, 0.2) is 0 Å². The minimum absolute atomic E-state index is 0.162. The fourth-order valence-corrected chi connectivity index (χ4v) is 2.44. The zero-order valence-corrected chi connectivity index (χ0v) is 11.5. The van der Waals surface area contributed by atoms with Gasteiger partial charge in [0.25, 0.3) is 5.91 Å². The Morgan fingerprint density at radius 2 is 2.22 bits per heavy atom. The van der Waals surface area contributed by atoms with Crippen molar-refractivity contribution in [2.24, 2.45) is 5.92 Å². The topological polar surface area (TPSA) is 66.8 Å². The fourth-order valence-electron chi connectivity index (χ4n) is 1.54. The average molecular weight is 271 g/mol. The first-order valence-corrected chi connectivity index (χ1v) is 6.39. The molecule has 0 aliphatic rings. The third kappa shape index (κ3) is 3.54. The van der Waals surface area contributed by atoms with Crippen molar-refractivity contribution >= 4 is 23.2 Å². The number of aliphatic carboxylic acids is 1. The van der Waals surface area contributed by atoms with E-state index in [2.05, 4.69) is 0 Å². The zero-order valence-electron chi connectivity index (χ0n) is 10.7. The predicted molar refractivity (Wildman–Crippen MR) is 68.8 cm³/mol. The summed E-state index contributed by atoms with van der Waals surface area (Å²) in [6.07, 6.45) is 0. The summed E-state index contributed by atoms with van der Waals surface area (Å²) < 4.78 is 5.02. The van der Waals surface area contributed by atoms with Crippen molar-refractivity contribution in [1.82, 2.24) is 4.90 Å². The molecule has 0 radical (unpaired) electrons. The number of carboxylic acids is 1. The third-order valence-electron chi connectivity index (χ3n) is 2.56. The van der Waals surface area contributed by atoms with Gasteiger partial charge in [0, 0.05) is 26.3 Å². The van der Waals surface area contributed by atoms with E-state index in [1.807, 2.05) is 11.4 Å². The number of carbonyl (C=O) groups is 2. The Morgan fingerprint density at radius 1 is 1.56 bits per heavy atom. The molecule has 1 amide bonds. The van der Waals surface area contributed by atoms with E-state index in [1.54, 1.807) is 21.1 Å². The van der Waals surface area contributed by atoms with Crippen LogP contribution >= 0.6 is 11.3 Å². The normalized spacial score (nSPS) is 12.2. The maximum absolute atomic E-state index is 12.1. The molecule has 1 aromatic rings. The number of rotatable bonds is 6. The average Bonchev–Trinajstić information content (AvgIpc) is 2.76. The number of methoxy groups -OCH3 is 1. The van der Waals surface area contributed by atoms with E-state index in [-0.39, 0.29) is 12.5 Å². The van der Waals surface area contributed by atoms with Crippen molar-refractivity contribution < 1.29 is 19.4 Å². The molecule has 1 atom stereocenters. The number of ether oxygens (including phenoxy) is 1. The molecule has 0 saturated heterocycles. The van der Waals surface area contributed by atoms with E-state index in [4.69, 9.17) is 9.84 Å². The maximum Gasteiger partial charge on any atom is 0.308 e. The smallest absolute Gasteiger partial charge is 0.308 e. The maximum atomic E-state index is 12.1. The van der Waals surface area contributed by atoms with Gasteiger partial charge in [-0.05, 0) is 11.4 Å². The lowest BCUT2D eigenvalue weighted by atomic mass is 10.1. The monoisotopic (exact) mass is 271 g/mol. The predicted octanol–water partition coefficient (Wildman–Crippen LogP) is 1.69. The summed E-state index contributed by atoms with van der Waals surface area (Å²) in [6.45, 7) is 2.15. The molecule has 0 aliphatic heterocycles. The molecule has 0 spiro atoms. The van der Waals surface area contributed by atoms with Gasteiger partial charge < -0.3 is 14.7 Å². The second-order valence-corrected chi connectivity index (χ2v) is 5.05. The van der Waals surface area contributed by atoms with Crippen LogP contribution < -0.4 is 0 Å². The van der Waals surface area contributed by atoms with Crippen LogP contribution in [0.1, 0.15) is 22.2 Å². The van der Waals surface area contributed by atoms with Crippen molar-refractivity contribution in [3.8, 4) is 0 Å². The minimum atomic E-state index is -0.905. The Balaban J connectivity index is 2.74. The van der Waals surface area contributed by atoms with Gasteiger partial charge in [-0.2, -0.15) is 0 Å². The first-order chi connectivity index (χ1) is 8.47. The highest BCUT2D eigenvalue weighted by Gasteiger charge is 2.21. The van der Waals surface area contributed by atoms with E-state index < -0.39 is 11.9 Å². The zero-order chi connectivity index (χ0) is 13.7. The molecule has 6 heteroatoms. The highest BCUT2D eigenvalue weighted by atomic mass is 32.1. The van der Waals surface area contributed by atoms with Crippen molar-refractivity contribution in [2.45, 2.75) is 13.5 Å². The van der Waals surface area contributed by atoms with Crippen molar-refractivity contribution in [2.75, 3.05) is 20.7 Å². The first kappa shape index (κ1) is 14.7. The summed E-state index contributed by atoms with van der Waals surface area (Å²) >= 11 is 1.34. The summed E-state index contributed by atoms with van der Waals surface area (Å²) in [5.74, 6) is -1.65. The second-order valence-electron chi connectivity index (χ2n) is 4.13. The Hall–Kier alpha value is -1.40. The number of hydrogen-bond donors (Lipinski definition) is 1. The molecule has 0 aliphatic carbocycles. The van der Waals surface area contributed by atoms with Crippen LogP contribution in [-0.4, -0.2) is 42.6 Å². The number of carbonyl (C=O) groups excluding carboxylic acids is 1. The minimum Gasteiger partial charge on any atom is -0.481 e. The summed E-state index contributed by atoms with van der Waals surface area (Å²) in [5.41, 5.74) is 0.835. The largest absolute Gasteiger partial charge is 0.481 e. The lowest BCUT2D eigenvalue weighted by Gasteiger charge is -2.19. The molecule has 100 valence electrons. The highest BCUT2D eigenvalue weighted by Crippen LogP contribution is 2.19. The van der Waals surface area contributed by atoms with Crippen molar-refractivity contribution in [1.29, 1.82) is 0 Å². The van der Waals surface area contributed by atoms with Crippen LogP contribution in [-0.2, 0) is 16.1 Å². The molecular weight excluding hydrogens is 254 g/mol. The number of carboxylic acid groups (broad SMARTS) is 1. The van der Waals surface area contributed by atoms with Gasteiger partial charge in [0.1, 0.15) is 0 Å². The van der Waals surface area contributed by atoms with Gasteiger partial charge in [-0.3, -0.25) is 9.59 Å². The van der Waals surface area contributed by atoms with E-state index >= 15 is 0 Å². The third-order valence-corrected chi connectivity index (χ3v) is 3.50. The highest BCUT2D eigenvalue weighted by molar-refractivity contribution is 7.12. The molecule has 0 aromatic carbocycles. The summed E-state index contributed by atoms with van der Waals surface area (Å²) in [6, 6.07) is 1.84. The van der Waals surface area contributed by atoms with E-state index in [0.29, 0.717) is 11.5 Å². The fraction of sp³-hybridized carbons (Fsp3) is 0.500. The van der Waals surface area contributed by atoms with Gasteiger partial charge in [-0.1, -0.05) is 6.92 Å². The van der Waals surface area contributed by atoms with Crippen LogP contribution in [0.3, 0.4) is 0 Å². The molecule has 1 rings (SSSR count). The van der Waals surface area contributed by atoms with Crippen molar-refractivity contribution in [3.05, 3.63) is 21.9 Å². The van der Waals surface area contributed by atoms with E-state index in [1.165, 1.54) is 16.2 Å². The summed E-state index contributed by atoms with van der Waals surface area (Å²) in [5, 5.41) is 10.7. The van der Waals surface area contributed by atoms with Gasteiger partial charge >= 0.3 is 5.97 Å². The van der Waals surface area contributed by atoms with Crippen LogP contribution in [0.15, 0.2) is 11.4 Å². The number of hydrogen-bond acceptors (Lipinski definition) is 4. The standard InChI is InChI=1S/C12H17NO4S/c1-8(12(15)16)6-13(2)11(14)10-9(7-17-3)4-5-18-10/h4-5,8H,6-7H2,1-3H3,(H,15,16). The molecule has 0 saturated carbocycles. The van der Waals surface area contributed by atoms with Crippen LogP contribution in [0.4, 0.5) is 0 Å². The van der Waals surface area contributed by atoms with Crippen LogP contribution in [0.5, 0.6) is 0 Å². The molecule has 18 heavy (non-hydrogen) atoms.